The van der Waals surface area contributed by atoms with E-state index in [0.29, 0.717) is 18.5 Å². The zero-order valence-corrected chi connectivity index (χ0v) is 15.2. The number of carbonyl (C=O) groups excluding carboxylic acids is 1. The van der Waals surface area contributed by atoms with Crippen LogP contribution >= 0.6 is 12.4 Å². The Morgan fingerprint density at radius 1 is 1.44 bits per heavy atom. The van der Waals surface area contributed by atoms with Crippen molar-refractivity contribution in [2.75, 3.05) is 13.1 Å². The standard InChI is InChI=1S/C18H23FN4O.ClH/c1-12(7-13-5-3-4-6-17(13)19)22-18(24)16-10-20-9-15(16)14-8-21-23(2)11-14;/h3-6,8,11-12,15-16,20H,7,9-10H2,1-2H3,(H,22,24);1H/t12?,15-,16+;/m1./s1. The molecular formula is C18H24ClFN4O. The van der Waals surface area contributed by atoms with E-state index in [4.69, 9.17) is 0 Å². The van der Waals surface area contributed by atoms with Crippen molar-refractivity contribution in [3.8, 4) is 0 Å². The van der Waals surface area contributed by atoms with E-state index in [1.54, 1.807) is 16.8 Å². The maximum Gasteiger partial charge on any atom is 0.225 e. The quantitative estimate of drug-likeness (QED) is 0.851. The molecule has 1 amide bonds. The van der Waals surface area contributed by atoms with Crippen molar-refractivity contribution in [3.05, 3.63) is 53.6 Å². The van der Waals surface area contributed by atoms with Crippen LogP contribution in [0.5, 0.6) is 0 Å². The summed E-state index contributed by atoms with van der Waals surface area (Å²) in [5.41, 5.74) is 1.70. The molecule has 0 saturated carbocycles. The Hall–Kier alpha value is -1.92. The van der Waals surface area contributed by atoms with Crippen molar-refractivity contribution in [2.24, 2.45) is 13.0 Å². The lowest BCUT2D eigenvalue weighted by Crippen LogP contribution is -2.40. The number of nitrogens with one attached hydrogen (secondary N) is 2. The van der Waals surface area contributed by atoms with E-state index in [2.05, 4.69) is 15.7 Å². The first-order chi connectivity index (χ1) is 11.5. The summed E-state index contributed by atoms with van der Waals surface area (Å²) in [6, 6.07) is 6.57. The first kappa shape index (κ1) is 19.4. The van der Waals surface area contributed by atoms with Crippen molar-refractivity contribution in [1.82, 2.24) is 20.4 Å². The Kier molecular flexibility index (Phi) is 6.56. The van der Waals surface area contributed by atoms with Gasteiger partial charge in [-0.2, -0.15) is 5.10 Å². The largest absolute Gasteiger partial charge is 0.353 e. The van der Waals surface area contributed by atoms with E-state index >= 15 is 0 Å². The second-order valence-corrected chi connectivity index (χ2v) is 6.52. The number of carbonyl (C=O) groups is 1. The number of halogens is 2. The predicted octanol–water partition coefficient (Wildman–Crippen LogP) is 2.03. The molecule has 1 fully saturated rings. The third-order valence-electron chi connectivity index (χ3n) is 4.58. The van der Waals surface area contributed by atoms with Gasteiger partial charge in [0, 0.05) is 38.3 Å². The number of rotatable bonds is 5. The lowest BCUT2D eigenvalue weighted by molar-refractivity contribution is -0.125. The number of amides is 1. The first-order valence-electron chi connectivity index (χ1n) is 8.27. The summed E-state index contributed by atoms with van der Waals surface area (Å²) in [5.74, 6) is -0.219. The molecule has 0 bridgehead atoms. The van der Waals surface area contributed by atoms with Crippen LogP contribution in [0.1, 0.15) is 24.0 Å². The monoisotopic (exact) mass is 366 g/mol. The third-order valence-corrected chi connectivity index (χ3v) is 4.58. The molecule has 0 radical (unpaired) electrons. The molecule has 1 aliphatic rings. The fourth-order valence-corrected chi connectivity index (χ4v) is 3.33. The molecule has 1 aromatic carbocycles. The minimum absolute atomic E-state index is 0. The molecule has 0 spiro atoms. The summed E-state index contributed by atoms with van der Waals surface area (Å²) >= 11 is 0. The Morgan fingerprint density at radius 2 is 2.20 bits per heavy atom. The summed E-state index contributed by atoms with van der Waals surface area (Å²) in [4.78, 5) is 12.6. The Balaban J connectivity index is 0.00000225. The van der Waals surface area contributed by atoms with Crippen LogP contribution in [-0.4, -0.2) is 34.8 Å². The van der Waals surface area contributed by atoms with E-state index in [9.17, 15) is 9.18 Å². The van der Waals surface area contributed by atoms with Gasteiger partial charge in [-0.05, 0) is 30.5 Å². The van der Waals surface area contributed by atoms with Crippen molar-refractivity contribution in [2.45, 2.75) is 25.3 Å². The number of benzene rings is 1. The van der Waals surface area contributed by atoms with Gasteiger partial charge in [0.1, 0.15) is 5.82 Å². The van der Waals surface area contributed by atoms with Gasteiger partial charge >= 0.3 is 0 Å². The van der Waals surface area contributed by atoms with Gasteiger partial charge in [0.15, 0.2) is 0 Å². The zero-order valence-electron chi connectivity index (χ0n) is 14.4. The molecule has 3 atom stereocenters. The maximum atomic E-state index is 13.7. The summed E-state index contributed by atoms with van der Waals surface area (Å²) in [6.45, 7) is 3.33. The third kappa shape index (κ3) is 4.58. The topological polar surface area (TPSA) is 59.0 Å². The maximum absolute atomic E-state index is 13.7. The average Bonchev–Trinajstić information content (AvgIpc) is 3.18. The predicted molar refractivity (Wildman–Crippen MR) is 97.3 cm³/mol. The fourth-order valence-electron chi connectivity index (χ4n) is 3.33. The van der Waals surface area contributed by atoms with Crippen LogP contribution in [0.2, 0.25) is 0 Å². The minimum atomic E-state index is -0.227. The Bertz CT molecular complexity index is 721. The summed E-state index contributed by atoms with van der Waals surface area (Å²) in [6.07, 6.45) is 4.26. The van der Waals surface area contributed by atoms with Crippen LogP contribution in [-0.2, 0) is 18.3 Å². The number of aromatic nitrogens is 2. The molecule has 2 N–H and O–H groups in total. The molecule has 136 valence electrons. The lowest BCUT2D eigenvalue weighted by atomic mass is 9.90. The highest BCUT2D eigenvalue weighted by molar-refractivity contribution is 5.85. The molecule has 7 heteroatoms. The van der Waals surface area contributed by atoms with Gasteiger partial charge in [0.25, 0.3) is 0 Å². The molecular weight excluding hydrogens is 343 g/mol. The number of nitrogens with zero attached hydrogens (tertiary/aromatic N) is 2. The minimum Gasteiger partial charge on any atom is -0.353 e. The van der Waals surface area contributed by atoms with Gasteiger partial charge < -0.3 is 10.6 Å². The summed E-state index contributed by atoms with van der Waals surface area (Å²) < 4.78 is 15.5. The van der Waals surface area contributed by atoms with Crippen molar-refractivity contribution < 1.29 is 9.18 Å². The van der Waals surface area contributed by atoms with Crippen LogP contribution < -0.4 is 10.6 Å². The summed E-state index contributed by atoms with van der Waals surface area (Å²) in [5, 5.41) is 10.5. The highest BCUT2D eigenvalue weighted by Gasteiger charge is 2.35. The number of aryl methyl sites for hydroxylation is 1. The highest BCUT2D eigenvalue weighted by Crippen LogP contribution is 2.28. The molecule has 5 nitrogen and oxygen atoms in total. The van der Waals surface area contributed by atoms with Crippen LogP contribution in [0.15, 0.2) is 36.7 Å². The second kappa shape index (κ2) is 8.45. The van der Waals surface area contributed by atoms with Crippen molar-refractivity contribution >= 4 is 18.3 Å². The molecule has 0 aliphatic carbocycles. The highest BCUT2D eigenvalue weighted by atomic mass is 35.5. The molecule has 1 aromatic heterocycles. The van der Waals surface area contributed by atoms with Crippen LogP contribution in [0.3, 0.4) is 0 Å². The van der Waals surface area contributed by atoms with Crippen LogP contribution in [0.25, 0.3) is 0 Å². The van der Waals surface area contributed by atoms with Gasteiger partial charge in [0.2, 0.25) is 5.91 Å². The smallest absolute Gasteiger partial charge is 0.225 e. The van der Waals surface area contributed by atoms with Gasteiger partial charge in [-0.1, -0.05) is 18.2 Å². The molecule has 2 heterocycles. The molecule has 1 saturated heterocycles. The van der Waals surface area contributed by atoms with Crippen LogP contribution in [0, 0.1) is 11.7 Å². The average molecular weight is 367 g/mol. The Morgan fingerprint density at radius 3 is 2.88 bits per heavy atom. The fraction of sp³-hybridized carbons (Fsp3) is 0.444. The van der Waals surface area contributed by atoms with E-state index in [0.717, 1.165) is 12.1 Å². The lowest BCUT2D eigenvalue weighted by Gasteiger charge is -2.20. The number of hydrogen-bond donors (Lipinski definition) is 2. The number of hydrogen-bond acceptors (Lipinski definition) is 3. The van der Waals surface area contributed by atoms with Gasteiger partial charge in [-0.25, -0.2) is 4.39 Å². The van der Waals surface area contributed by atoms with Crippen molar-refractivity contribution in [1.29, 1.82) is 0 Å². The molecule has 2 aromatic rings. The second-order valence-electron chi connectivity index (χ2n) is 6.52. The van der Waals surface area contributed by atoms with E-state index in [1.807, 2.05) is 32.4 Å². The van der Waals surface area contributed by atoms with E-state index in [-0.39, 0.29) is 42.0 Å². The van der Waals surface area contributed by atoms with Gasteiger partial charge in [-0.15, -0.1) is 12.4 Å². The molecule has 25 heavy (non-hydrogen) atoms. The zero-order chi connectivity index (χ0) is 17.1. The summed E-state index contributed by atoms with van der Waals surface area (Å²) in [7, 11) is 1.87. The van der Waals surface area contributed by atoms with E-state index in [1.165, 1.54) is 6.07 Å². The van der Waals surface area contributed by atoms with Gasteiger partial charge in [0.05, 0.1) is 12.1 Å². The molecule has 3 rings (SSSR count). The Labute approximate surface area is 153 Å². The van der Waals surface area contributed by atoms with Crippen LogP contribution in [0.4, 0.5) is 4.39 Å². The molecule has 1 aliphatic heterocycles. The SMILES string of the molecule is CC(Cc1ccccc1F)NC(=O)[C@H]1CNC[C@@H]1c1cnn(C)c1.Cl. The van der Waals surface area contributed by atoms with Crippen molar-refractivity contribution in [3.63, 3.8) is 0 Å². The molecule has 1 unspecified atom stereocenters. The van der Waals surface area contributed by atoms with Gasteiger partial charge in [-0.3, -0.25) is 9.48 Å². The first-order valence-corrected chi connectivity index (χ1v) is 8.27. The normalized spacial score (nSPS) is 20.8. The van der Waals surface area contributed by atoms with E-state index < -0.39 is 0 Å².